The van der Waals surface area contributed by atoms with Crippen LogP contribution in [0.2, 0.25) is 0 Å². The summed E-state index contributed by atoms with van der Waals surface area (Å²) in [6.45, 7) is 3.75. The van der Waals surface area contributed by atoms with Crippen molar-refractivity contribution in [3.63, 3.8) is 0 Å². The fourth-order valence-corrected chi connectivity index (χ4v) is 6.10. The van der Waals surface area contributed by atoms with Crippen LogP contribution in [-0.2, 0) is 16.4 Å². The molecular formula is C16H19N3O3S. The van der Waals surface area contributed by atoms with Crippen molar-refractivity contribution in [1.29, 1.82) is 0 Å². The molecule has 2 saturated heterocycles. The lowest BCUT2D eigenvalue weighted by atomic mass is 10.0. The zero-order chi connectivity index (χ0) is 16.2. The van der Waals surface area contributed by atoms with Gasteiger partial charge in [0.1, 0.15) is 0 Å². The van der Waals surface area contributed by atoms with E-state index in [1.165, 1.54) is 0 Å². The molecule has 1 aromatic heterocycles. The minimum absolute atomic E-state index is 0.0889. The minimum atomic E-state index is -2.90. The van der Waals surface area contributed by atoms with Crippen molar-refractivity contribution in [3.05, 3.63) is 34.6 Å². The van der Waals surface area contributed by atoms with Crippen LogP contribution >= 0.6 is 0 Å². The fourth-order valence-electron chi connectivity index (χ4n) is 3.91. The fraction of sp³-hybridized carbons (Fsp3) is 0.500. The summed E-state index contributed by atoms with van der Waals surface area (Å²) in [5.74, 6) is 1.19. The second-order valence-electron chi connectivity index (χ2n) is 6.48. The lowest BCUT2D eigenvalue weighted by Crippen LogP contribution is -2.33. The molecule has 0 bridgehead atoms. The van der Waals surface area contributed by atoms with Gasteiger partial charge >= 0.3 is 0 Å². The van der Waals surface area contributed by atoms with Gasteiger partial charge in [0, 0.05) is 19.6 Å². The molecule has 0 aliphatic carbocycles. The Morgan fingerprint density at radius 3 is 2.48 bits per heavy atom. The smallest absolute Gasteiger partial charge is 0.293 e. The molecule has 2 aromatic rings. The Labute approximate surface area is 134 Å². The summed E-state index contributed by atoms with van der Waals surface area (Å²) in [7, 11) is -2.90. The third-order valence-electron chi connectivity index (χ3n) is 4.96. The van der Waals surface area contributed by atoms with Gasteiger partial charge in [0.2, 0.25) is 0 Å². The van der Waals surface area contributed by atoms with E-state index in [9.17, 15) is 13.2 Å². The van der Waals surface area contributed by atoms with Crippen molar-refractivity contribution in [3.8, 4) is 0 Å². The quantitative estimate of drug-likeness (QED) is 0.816. The van der Waals surface area contributed by atoms with Crippen LogP contribution < -0.4 is 10.5 Å². The van der Waals surface area contributed by atoms with Crippen LogP contribution in [-0.4, -0.2) is 42.6 Å². The van der Waals surface area contributed by atoms with Crippen LogP contribution in [0, 0.1) is 11.8 Å². The number of hydrogen-bond donors (Lipinski definition) is 0. The Morgan fingerprint density at radius 1 is 1.17 bits per heavy atom. The van der Waals surface area contributed by atoms with Gasteiger partial charge < -0.3 is 9.47 Å². The highest BCUT2D eigenvalue weighted by Crippen LogP contribution is 2.34. The number of fused-ring (bicyclic) bond motifs is 2. The molecular weight excluding hydrogens is 314 g/mol. The van der Waals surface area contributed by atoms with E-state index in [0.717, 1.165) is 11.0 Å². The summed E-state index contributed by atoms with van der Waals surface area (Å²) < 4.78 is 25.2. The van der Waals surface area contributed by atoms with Crippen LogP contribution in [0.25, 0.3) is 11.0 Å². The number of hydrogen-bond acceptors (Lipinski definition) is 5. The predicted molar refractivity (Wildman–Crippen MR) is 89.5 cm³/mol. The number of benzene rings is 1. The molecule has 7 heteroatoms. The van der Waals surface area contributed by atoms with Gasteiger partial charge in [0.15, 0.2) is 15.7 Å². The van der Waals surface area contributed by atoms with Gasteiger partial charge in [0.25, 0.3) is 5.56 Å². The Bertz CT molecular complexity index is 915. The Kier molecular flexibility index (Phi) is 3.23. The third-order valence-corrected chi connectivity index (χ3v) is 6.84. The zero-order valence-corrected chi connectivity index (χ0v) is 13.8. The Morgan fingerprint density at radius 2 is 1.83 bits per heavy atom. The van der Waals surface area contributed by atoms with Crippen molar-refractivity contribution >= 4 is 26.7 Å². The average molecular weight is 333 g/mol. The lowest BCUT2D eigenvalue weighted by molar-refractivity contribution is 0.533. The molecule has 2 fully saturated rings. The molecule has 0 radical (unpaired) electrons. The monoisotopic (exact) mass is 333 g/mol. The van der Waals surface area contributed by atoms with Crippen LogP contribution in [0.1, 0.15) is 6.92 Å². The normalized spacial score (nSPS) is 25.9. The molecule has 6 nitrogen and oxygen atoms in total. The molecule has 3 heterocycles. The molecule has 0 saturated carbocycles. The summed E-state index contributed by atoms with van der Waals surface area (Å²) in [6.07, 6.45) is 0. The van der Waals surface area contributed by atoms with Gasteiger partial charge in [-0.05, 0) is 30.9 Å². The van der Waals surface area contributed by atoms with Gasteiger partial charge in [-0.15, -0.1) is 0 Å². The number of rotatable bonds is 2. The van der Waals surface area contributed by atoms with Gasteiger partial charge in [-0.25, -0.2) is 13.4 Å². The van der Waals surface area contributed by atoms with E-state index >= 15 is 0 Å². The largest absolute Gasteiger partial charge is 0.351 e. The first-order valence-electron chi connectivity index (χ1n) is 7.93. The molecule has 2 atom stereocenters. The SMILES string of the molecule is CCn1c(=O)c(N2C[C@@H]3CS(=O)(=O)C[C@@H]3C2)nc2ccccc21. The van der Waals surface area contributed by atoms with E-state index in [2.05, 4.69) is 4.98 Å². The van der Waals surface area contributed by atoms with Gasteiger partial charge in [0.05, 0.1) is 22.5 Å². The van der Waals surface area contributed by atoms with E-state index in [4.69, 9.17) is 0 Å². The standard InChI is InChI=1S/C16H19N3O3S/c1-2-19-14-6-4-3-5-13(14)17-15(16(19)20)18-7-11-9-23(21,22)10-12(11)8-18/h3-6,11-12H,2,7-10H2,1H3/t11-,12+. The Balaban J connectivity index is 1.76. The van der Waals surface area contributed by atoms with Gasteiger partial charge in [-0.1, -0.05) is 12.1 Å². The van der Waals surface area contributed by atoms with Crippen LogP contribution in [0.4, 0.5) is 5.82 Å². The van der Waals surface area contributed by atoms with Crippen molar-refractivity contribution in [2.75, 3.05) is 29.5 Å². The van der Waals surface area contributed by atoms with Gasteiger partial charge in [-0.3, -0.25) is 4.79 Å². The number of aryl methyl sites for hydroxylation is 1. The van der Waals surface area contributed by atoms with Crippen molar-refractivity contribution in [2.24, 2.45) is 11.8 Å². The van der Waals surface area contributed by atoms with Crippen LogP contribution in [0.5, 0.6) is 0 Å². The number of anilines is 1. The maximum Gasteiger partial charge on any atom is 0.293 e. The molecule has 4 rings (SSSR count). The highest BCUT2D eigenvalue weighted by atomic mass is 32.2. The summed E-state index contributed by atoms with van der Waals surface area (Å²) >= 11 is 0. The lowest BCUT2D eigenvalue weighted by Gasteiger charge is -2.20. The molecule has 2 aliphatic heterocycles. The highest BCUT2D eigenvalue weighted by Gasteiger charge is 2.44. The third kappa shape index (κ3) is 2.34. The maximum atomic E-state index is 12.8. The van der Waals surface area contributed by atoms with Crippen LogP contribution in [0.3, 0.4) is 0 Å². The molecule has 0 spiro atoms. The summed E-state index contributed by atoms with van der Waals surface area (Å²) in [4.78, 5) is 19.3. The number of aromatic nitrogens is 2. The van der Waals surface area contributed by atoms with Crippen LogP contribution in [0.15, 0.2) is 29.1 Å². The number of sulfone groups is 1. The summed E-state index contributed by atoms with van der Waals surface area (Å²) in [5, 5.41) is 0. The molecule has 122 valence electrons. The molecule has 2 aliphatic rings. The molecule has 1 aromatic carbocycles. The van der Waals surface area contributed by atoms with E-state index in [0.29, 0.717) is 25.5 Å². The summed E-state index contributed by atoms with van der Waals surface area (Å²) in [5.41, 5.74) is 1.55. The van der Waals surface area contributed by atoms with Gasteiger partial charge in [-0.2, -0.15) is 0 Å². The second-order valence-corrected chi connectivity index (χ2v) is 8.63. The van der Waals surface area contributed by atoms with Crippen molar-refractivity contribution in [2.45, 2.75) is 13.5 Å². The second kappa shape index (κ2) is 5.06. The molecule has 0 N–H and O–H groups in total. The van der Waals surface area contributed by atoms with E-state index in [-0.39, 0.29) is 28.9 Å². The van der Waals surface area contributed by atoms with E-state index in [1.807, 2.05) is 36.1 Å². The number of para-hydroxylation sites is 2. The molecule has 23 heavy (non-hydrogen) atoms. The first-order valence-corrected chi connectivity index (χ1v) is 9.75. The highest BCUT2D eigenvalue weighted by molar-refractivity contribution is 7.91. The first kappa shape index (κ1) is 14.7. The topological polar surface area (TPSA) is 72.3 Å². The average Bonchev–Trinajstić information content (AvgIpc) is 3.00. The van der Waals surface area contributed by atoms with E-state index in [1.54, 1.807) is 4.57 Å². The summed E-state index contributed by atoms with van der Waals surface area (Å²) in [6, 6.07) is 7.63. The van der Waals surface area contributed by atoms with Crippen molar-refractivity contribution in [1.82, 2.24) is 9.55 Å². The Hall–Kier alpha value is -1.89. The minimum Gasteiger partial charge on any atom is -0.351 e. The maximum absolute atomic E-state index is 12.8. The number of nitrogens with zero attached hydrogens (tertiary/aromatic N) is 3. The zero-order valence-electron chi connectivity index (χ0n) is 13.0. The molecule has 0 amide bonds. The molecule has 0 unspecified atom stereocenters. The van der Waals surface area contributed by atoms with Crippen molar-refractivity contribution < 1.29 is 8.42 Å². The predicted octanol–water partition coefficient (Wildman–Crippen LogP) is 0.897. The first-order chi connectivity index (χ1) is 11.0. The van der Waals surface area contributed by atoms with E-state index < -0.39 is 9.84 Å².